The Bertz CT molecular complexity index is 315. The molecule has 16 heavy (non-hydrogen) atoms. The maximum absolute atomic E-state index is 12.0. The average Bonchev–Trinajstić information content (AvgIpc) is 2.30. The molecule has 0 amide bonds. The summed E-state index contributed by atoms with van der Waals surface area (Å²) >= 11 is 0. The van der Waals surface area contributed by atoms with Crippen molar-refractivity contribution in [3.8, 4) is 0 Å². The van der Waals surface area contributed by atoms with Crippen molar-refractivity contribution >= 4 is 11.6 Å². The number of allylic oxidation sites excluding steroid dienone is 3. The van der Waals surface area contributed by atoms with Gasteiger partial charge in [0.15, 0.2) is 5.78 Å². The third-order valence-corrected chi connectivity index (χ3v) is 3.39. The first-order valence-electron chi connectivity index (χ1n) is 5.98. The van der Waals surface area contributed by atoms with Crippen LogP contribution in [0.15, 0.2) is 24.8 Å². The predicted octanol–water partition coefficient (Wildman–Crippen LogP) is 3.23. The number of ketones is 2. The predicted molar refractivity (Wildman–Crippen MR) is 65.2 cm³/mol. The number of carbonyl (C=O) groups excluding carboxylic acids is 2. The lowest BCUT2D eigenvalue weighted by molar-refractivity contribution is -0.126. The molecule has 1 atom stereocenters. The summed E-state index contributed by atoms with van der Waals surface area (Å²) in [5, 5.41) is 0. The van der Waals surface area contributed by atoms with Gasteiger partial charge in [-0.1, -0.05) is 19.1 Å². The van der Waals surface area contributed by atoms with Crippen molar-refractivity contribution in [3.05, 3.63) is 24.8 Å². The Labute approximate surface area is 97.4 Å². The number of hydrogen-bond donors (Lipinski definition) is 0. The molecule has 0 aromatic carbocycles. The van der Waals surface area contributed by atoms with Crippen LogP contribution >= 0.6 is 0 Å². The first kappa shape index (κ1) is 12.9. The van der Waals surface area contributed by atoms with Crippen LogP contribution in [-0.2, 0) is 9.59 Å². The smallest absolute Gasteiger partial charge is 0.161 e. The van der Waals surface area contributed by atoms with E-state index in [1.165, 1.54) is 0 Å². The Balaban J connectivity index is 2.72. The van der Waals surface area contributed by atoms with Crippen LogP contribution in [0.3, 0.4) is 0 Å². The zero-order chi connectivity index (χ0) is 12.0. The number of Topliss-reactive ketones (excluding diaryl/α,β-unsaturated/α-hetero) is 1. The van der Waals surface area contributed by atoms with Gasteiger partial charge in [0.25, 0.3) is 0 Å². The summed E-state index contributed by atoms with van der Waals surface area (Å²) in [6.45, 7) is 5.59. The summed E-state index contributed by atoms with van der Waals surface area (Å²) in [5.41, 5.74) is -0.346. The fourth-order valence-corrected chi connectivity index (χ4v) is 2.23. The van der Waals surface area contributed by atoms with Crippen molar-refractivity contribution in [2.45, 2.75) is 45.4 Å². The summed E-state index contributed by atoms with van der Waals surface area (Å²) in [6, 6.07) is 0. The second-order valence-corrected chi connectivity index (χ2v) is 4.47. The van der Waals surface area contributed by atoms with Gasteiger partial charge in [-0.3, -0.25) is 9.59 Å². The third kappa shape index (κ3) is 2.91. The molecule has 0 radical (unpaired) electrons. The molecule has 0 aromatic heterocycles. The molecule has 1 rings (SSSR count). The van der Waals surface area contributed by atoms with Crippen molar-refractivity contribution in [1.82, 2.24) is 0 Å². The second-order valence-electron chi connectivity index (χ2n) is 4.47. The molecule has 0 fully saturated rings. The lowest BCUT2D eigenvalue weighted by Crippen LogP contribution is -2.32. The van der Waals surface area contributed by atoms with E-state index in [-0.39, 0.29) is 17.0 Å². The SMILES string of the molecule is C=CC[C@]1(CCC(=O)CC)CCC=CC1=O. The Morgan fingerprint density at radius 1 is 1.62 bits per heavy atom. The summed E-state index contributed by atoms with van der Waals surface area (Å²) in [6.07, 6.45) is 9.62. The molecular formula is C14H20O2. The van der Waals surface area contributed by atoms with Crippen LogP contribution in [0.2, 0.25) is 0 Å². The first-order chi connectivity index (χ1) is 7.64. The van der Waals surface area contributed by atoms with Gasteiger partial charge < -0.3 is 0 Å². The van der Waals surface area contributed by atoms with Crippen LogP contribution in [0.25, 0.3) is 0 Å². The molecule has 0 spiro atoms. The molecule has 0 saturated carbocycles. The number of hydrogen-bond acceptors (Lipinski definition) is 2. The van der Waals surface area contributed by atoms with Crippen molar-refractivity contribution < 1.29 is 9.59 Å². The van der Waals surface area contributed by atoms with Crippen LogP contribution in [0, 0.1) is 5.41 Å². The van der Waals surface area contributed by atoms with Gasteiger partial charge in [0.1, 0.15) is 5.78 Å². The molecule has 0 aromatic rings. The number of rotatable bonds is 6. The van der Waals surface area contributed by atoms with E-state index >= 15 is 0 Å². The van der Waals surface area contributed by atoms with Gasteiger partial charge in [-0.05, 0) is 31.8 Å². The molecule has 0 N–H and O–H groups in total. The molecule has 1 aliphatic rings. The summed E-state index contributed by atoms with van der Waals surface area (Å²) in [7, 11) is 0. The Kier molecular flexibility index (Phi) is 4.66. The summed E-state index contributed by atoms with van der Waals surface area (Å²) < 4.78 is 0. The molecule has 0 heterocycles. The maximum Gasteiger partial charge on any atom is 0.161 e. The maximum atomic E-state index is 12.0. The van der Waals surface area contributed by atoms with E-state index in [9.17, 15) is 9.59 Å². The lowest BCUT2D eigenvalue weighted by atomic mass is 9.70. The van der Waals surface area contributed by atoms with Crippen molar-refractivity contribution in [1.29, 1.82) is 0 Å². The van der Waals surface area contributed by atoms with E-state index in [0.29, 0.717) is 25.7 Å². The minimum atomic E-state index is -0.346. The highest BCUT2D eigenvalue weighted by atomic mass is 16.1. The van der Waals surface area contributed by atoms with Gasteiger partial charge in [-0.15, -0.1) is 6.58 Å². The Morgan fingerprint density at radius 2 is 2.38 bits per heavy atom. The zero-order valence-electron chi connectivity index (χ0n) is 10.00. The largest absolute Gasteiger partial charge is 0.300 e. The monoisotopic (exact) mass is 220 g/mol. The molecule has 2 nitrogen and oxygen atoms in total. The summed E-state index contributed by atoms with van der Waals surface area (Å²) in [4.78, 5) is 23.3. The van der Waals surface area contributed by atoms with Crippen LogP contribution in [0.4, 0.5) is 0 Å². The van der Waals surface area contributed by atoms with E-state index < -0.39 is 0 Å². The molecule has 0 saturated heterocycles. The molecule has 0 bridgehead atoms. The standard InChI is InChI=1S/C14H20O2/c1-3-9-14(11-8-12(15)4-2)10-6-5-7-13(14)16/h3,5,7H,1,4,6,8-11H2,2H3/t14-/m1/s1. The van der Waals surface area contributed by atoms with Crippen LogP contribution in [0.5, 0.6) is 0 Å². The Morgan fingerprint density at radius 3 is 2.94 bits per heavy atom. The molecule has 0 unspecified atom stereocenters. The molecule has 0 aliphatic heterocycles. The Hall–Kier alpha value is -1.18. The van der Waals surface area contributed by atoms with E-state index in [2.05, 4.69) is 6.58 Å². The lowest BCUT2D eigenvalue weighted by Gasteiger charge is -2.32. The molecule has 88 valence electrons. The van der Waals surface area contributed by atoms with Crippen molar-refractivity contribution in [3.63, 3.8) is 0 Å². The van der Waals surface area contributed by atoms with Gasteiger partial charge in [-0.2, -0.15) is 0 Å². The van der Waals surface area contributed by atoms with E-state index in [0.717, 1.165) is 12.8 Å². The normalized spacial score (nSPS) is 24.4. The van der Waals surface area contributed by atoms with Gasteiger partial charge in [0.2, 0.25) is 0 Å². The van der Waals surface area contributed by atoms with Gasteiger partial charge in [-0.25, -0.2) is 0 Å². The highest BCUT2D eigenvalue weighted by Crippen LogP contribution is 2.38. The fourth-order valence-electron chi connectivity index (χ4n) is 2.23. The third-order valence-electron chi connectivity index (χ3n) is 3.39. The van der Waals surface area contributed by atoms with Gasteiger partial charge in [0, 0.05) is 18.3 Å². The van der Waals surface area contributed by atoms with E-state index in [1.807, 2.05) is 13.0 Å². The van der Waals surface area contributed by atoms with Crippen LogP contribution in [0.1, 0.15) is 45.4 Å². The van der Waals surface area contributed by atoms with Crippen molar-refractivity contribution in [2.24, 2.45) is 5.41 Å². The zero-order valence-corrected chi connectivity index (χ0v) is 10.00. The first-order valence-corrected chi connectivity index (χ1v) is 5.98. The summed E-state index contributed by atoms with van der Waals surface area (Å²) in [5.74, 6) is 0.411. The van der Waals surface area contributed by atoms with Gasteiger partial charge >= 0.3 is 0 Å². The van der Waals surface area contributed by atoms with Gasteiger partial charge in [0.05, 0.1) is 0 Å². The minimum Gasteiger partial charge on any atom is -0.300 e. The fraction of sp³-hybridized carbons (Fsp3) is 0.571. The van der Waals surface area contributed by atoms with E-state index in [1.54, 1.807) is 12.2 Å². The topological polar surface area (TPSA) is 34.1 Å². The number of carbonyl (C=O) groups is 2. The average molecular weight is 220 g/mol. The van der Waals surface area contributed by atoms with Crippen molar-refractivity contribution in [2.75, 3.05) is 0 Å². The second kappa shape index (κ2) is 5.78. The molecule has 2 heteroatoms. The molecular weight excluding hydrogens is 200 g/mol. The van der Waals surface area contributed by atoms with Crippen LogP contribution in [-0.4, -0.2) is 11.6 Å². The minimum absolute atomic E-state index is 0.169. The van der Waals surface area contributed by atoms with Crippen LogP contribution < -0.4 is 0 Å². The highest BCUT2D eigenvalue weighted by molar-refractivity contribution is 5.96. The quantitative estimate of drug-likeness (QED) is 0.644. The highest BCUT2D eigenvalue weighted by Gasteiger charge is 2.36. The molecule has 1 aliphatic carbocycles. The van der Waals surface area contributed by atoms with E-state index in [4.69, 9.17) is 0 Å².